The normalized spacial score (nSPS) is 21.1. The van der Waals surface area contributed by atoms with Gasteiger partial charge in [-0.3, -0.25) is 4.79 Å². The number of ketones is 1. The Labute approximate surface area is 72.4 Å². The summed E-state index contributed by atoms with van der Waals surface area (Å²) in [6, 6.07) is 0. The second-order valence-corrected chi connectivity index (χ2v) is 3.72. The molecule has 0 spiro atoms. The van der Waals surface area contributed by atoms with Gasteiger partial charge in [-0.2, -0.15) is 0 Å². The fourth-order valence-electron chi connectivity index (χ4n) is 1.47. The number of carbonyl (C=O) groups excluding carboxylic acids is 1. The Morgan fingerprint density at radius 2 is 2.09 bits per heavy atom. The average Bonchev–Trinajstić information content (AvgIpc) is 2.66. The first kappa shape index (κ1) is 8.79. The third-order valence-corrected chi connectivity index (χ3v) is 2.72. The number of carbonyl (C=O) groups is 1. The largest absolute Gasteiger partial charge is 0.294 e. The molecule has 0 N–H and O–H groups in total. The fraction of sp³-hybridized carbons (Fsp3) is 0.667. The van der Waals surface area contributed by atoms with Crippen molar-refractivity contribution in [2.24, 2.45) is 11.3 Å². The van der Waals surface area contributed by atoms with Crippen molar-refractivity contribution in [3.8, 4) is 0 Å². The van der Waals surface area contributed by atoms with E-state index in [0.717, 1.165) is 12.8 Å². The molecule has 1 rings (SSSR count). The van der Waals surface area contributed by atoms with Gasteiger partial charge < -0.3 is 0 Å². The quantitative estimate of drug-likeness (QED) is 0.599. The minimum Gasteiger partial charge on any atom is -0.294 e. The van der Waals surface area contributed by atoms with Crippen molar-refractivity contribution in [2.45, 2.75) is 26.7 Å². The van der Waals surface area contributed by atoms with Crippen LogP contribution >= 0.6 is 11.6 Å². The maximum Gasteiger partial charge on any atom is 0.162 e. The highest BCUT2D eigenvalue weighted by Gasteiger charge is 2.50. The van der Waals surface area contributed by atoms with Crippen molar-refractivity contribution in [3.63, 3.8) is 0 Å². The van der Waals surface area contributed by atoms with Crippen molar-refractivity contribution in [1.29, 1.82) is 0 Å². The summed E-state index contributed by atoms with van der Waals surface area (Å²) in [5.41, 5.74) is 1.26. The van der Waals surface area contributed by atoms with Crippen LogP contribution in [0, 0.1) is 11.3 Å². The molecule has 11 heavy (non-hydrogen) atoms. The van der Waals surface area contributed by atoms with E-state index in [2.05, 4.69) is 13.8 Å². The first-order chi connectivity index (χ1) is 5.13. The Hall–Kier alpha value is -0.300. The molecule has 0 atom stereocenters. The Balaban J connectivity index is 2.66. The van der Waals surface area contributed by atoms with Crippen molar-refractivity contribution < 1.29 is 4.79 Å². The van der Waals surface area contributed by atoms with E-state index in [4.69, 9.17) is 11.6 Å². The van der Waals surface area contributed by atoms with E-state index in [-0.39, 0.29) is 11.2 Å². The molecule has 0 aromatic carbocycles. The summed E-state index contributed by atoms with van der Waals surface area (Å²) in [5, 5.41) is 0. The molecule has 0 aromatic rings. The minimum absolute atomic E-state index is 0.0502. The molecule has 0 bridgehead atoms. The smallest absolute Gasteiger partial charge is 0.162 e. The average molecular weight is 173 g/mol. The zero-order valence-corrected chi connectivity index (χ0v) is 7.69. The number of hydrogen-bond acceptors (Lipinski definition) is 1. The van der Waals surface area contributed by atoms with Gasteiger partial charge in [0.2, 0.25) is 0 Å². The minimum atomic E-state index is -0.0502. The summed E-state index contributed by atoms with van der Waals surface area (Å²) < 4.78 is 0. The Morgan fingerprint density at radius 3 is 2.36 bits per heavy atom. The van der Waals surface area contributed by atoms with Gasteiger partial charge in [-0.1, -0.05) is 25.4 Å². The lowest BCUT2D eigenvalue weighted by atomic mass is 9.88. The second-order valence-electron chi connectivity index (χ2n) is 3.47. The van der Waals surface area contributed by atoms with E-state index >= 15 is 0 Å². The van der Waals surface area contributed by atoms with Gasteiger partial charge in [0, 0.05) is 11.0 Å². The Morgan fingerprint density at radius 1 is 1.55 bits per heavy atom. The molecular weight excluding hydrogens is 160 g/mol. The molecule has 0 unspecified atom stereocenters. The fourth-order valence-corrected chi connectivity index (χ4v) is 1.58. The SMILES string of the molecule is CC(C)C1(C(=O)/C=C/Cl)CC1. The second kappa shape index (κ2) is 2.98. The van der Waals surface area contributed by atoms with Gasteiger partial charge in [0.1, 0.15) is 0 Å². The first-order valence-electron chi connectivity index (χ1n) is 3.94. The summed E-state index contributed by atoms with van der Waals surface area (Å²) in [5.74, 6) is 0.644. The maximum atomic E-state index is 11.4. The third kappa shape index (κ3) is 1.48. The van der Waals surface area contributed by atoms with Crippen LogP contribution in [0.15, 0.2) is 11.6 Å². The van der Waals surface area contributed by atoms with Crippen molar-refractivity contribution in [2.75, 3.05) is 0 Å². The molecule has 0 heterocycles. The van der Waals surface area contributed by atoms with Crippen LogP contribution in [0.1, 0.15) is 26.7 Å². The Kier molecular flexibility index (Phi) is 2.38. The van der Waals surface area contributed by atoms with Crippen LogP contribution in [0.25, 0.3) is 0 Å². The topological polar surface area (TPSA) is 17.1 Å². The zero-order valence-electron chi connectivity index (χ0n) is 6.93. The summed E-state index contributed by atoms with van der Waals surface area (Å²) in [7, 11) is 0. The van der Waals surface area contributed by atoms with Gasteiger partial charge in [0.25, 0.3) is 0 Å². The molecule has 0 saturated heterocycles. The molecular formula is C9H13ClO. The molecule has 2 heteroatoms. The van der Waals surface area contributed by atoms with Crippen LogP contribution in [-0.2, 0) is 4.79 Å². The van der Waals surface area contributed by atoms with Crippen LogP contribution in [0.4, 0.5) is 0 Å². The molecule has 0 aromatic heterocycles. The molecule has 1 fully saturated rings. The summed E-state index contributed by atoms with van der Waals surface area (Å²) in [4.78, 5) is 11.4. The van der Waals surface area contributed by atoms with E-state index < -0.39 is 0 Å². The van der Waals surface area contributed by atoms with E-state index in [1.807, 2.05) is 0 Å². The standard InChI is InChI=1S/C9H13ClO/c1-7(2)9(4-5-9)8(11)3-6-10/h3,6-7H,4-5H2,1-2H3/b6-3+. The summed E-state index contributed by atoms with van der Waals surface area (Å²) in [6.07, 6.45) is 3.55. The van der Waals surface area contributed by atoms with Gasteiger partial charge in [0.05, 0.1) is 0 Å². The number of hydrogen-bond donors (Lipinski definition) is 0. The molecule has 62 valence electrons. The van der Waals surface area contributed by atoms with E-state index in [1.165, 1.54) is 11.6 Å². The van der Waals surface area contributed by atoms with E-state index in [9.17, 15) is 4.79 Å². The molecule has 1 aliphatic carbocycles. The monoisotopic (exact) mass is 172 g/mol. The van der Waals surface area contributed by atoms with E-state index in [0.29, 0.717) is 5.92 Å². The highest BCUT2D eigenvalue weighted by atomic mass is 35.5. The van der Waals surface area contributed by atoms with E-state index in [1.54, 1.807) is 0 Å². The lowest BCUT2D eigenvalue weighted by molar-refractivity contribution is -0.120. The highest BCUT2D eigenvalue weighted by molar-refractivity contribution is 6.27. The van der Waals surface area contributed by atoms with Gasteiger partial charge in [-0.15, -0.1) is 0 Å². The van der Waals surface area contributed by atoms with Crippen LogP contribution in [0.2, 0.25) is 0 Å². The third-order valence-electron chi connectivity index (χ3n) is 2.60. The van der Waals surface area contributed by atoms with Gasteiger partial charge in [-0.05, 0) is 24.8 Å². The molecule has 0 aliphatic heterocycles. The van der Waals surface area contributed by atoms with Gasteiger partial charge in [0.15, 0.2) is 5.78 Å². The van der Waals surface area contributed by atoms with Crippen LogP contribution in [0.3, 0.4) is 0 Å². The lowest BCUT2D eigenvalue weighted by Crippen LogP contribution is -2.19. The molecule has 0 radical (unpaired) electrons. The van der Waals surface area contributed by atoms with Crippen LogP contribution in [0.5, 0.6) is 0 Å². The number of halogens is 1. The van der Waals surface area contributed by atoms with Crippen LogP contribution < -0.4 is 0 Å². The summed E-state index contributed by atoms with van der Waals surface area (Å²) >= 11 is 5.33. The molecule has 0 amide bonds. The lowest BCUT2D eigenvalue weighted by Gasteiger charge is -2.14. The van der Waals surface area contributed by atoms with Gasteiger partial charge in [-0.25, -0.2) is 0 Å². The van der Waals surface area contributed by atoms with Crippen molar-refractivity contribution in [3.05, 3.63) is 11.6 Å². The molecule has 1 aliphatic rings. The van der Waals surface area contributed by atoms with Gasteiger partial charge >= 0.3 is 0 Å². The van der Waals surface area contributed by atoms with Crippen molar-refractivity contribution >= 4 is 17.4 Å². The van der Waals surface area contributed by atoms with Crippen LogP contribution in [-0.4, -0.2) is 5.78 Å². The predicted octanol–water partition coefficient (Wildman–Crippen LogP) is 2.74. The molecule has 1 nitrogen and oxygen atoms in total. The number of rotatable bonds is 3. The first-order valence-corrected chi connectivity index (χ1v) is 4.38. The molecule has 1 saturated carbocycles. The maximum absolute atomic E-state index is 11.4. The highest BCUT2D eigenvalue weighted by Crippen LogP contribution is 2.52. The summed E-state index contributed by atoms with van der Waals surface area (Å²) in [6.45, 7) is 4.18. The van der Waals surface area contributed by atoms with Crippen molar-refractivity contribution in [1.82, 2.24) is 0 Å². The number of allylic oxidation sites excluding steroid dienone is 1. The Bertz CT molecular complexity index is 190. The zero-order chi connectivity index (χ0) is 8.48. The predicted molar refractivity (Wildman–Crippen MR) is 46.5 cm³/mol.